The number of rotatable bonds is 4. The van der Waals surface area contributed by atoms with E-state index in [-0.39, 0.29) is 17.8 Å². The molecule has 0 saturated carbocycles. The summed E-state index contributed by atoms with van der Waals surface area (Å²) in [6, 6.07) is 29.8. The third-order valence-electron chi connectivity index (χ3n) is 5.17. The van der Waals surface area contributed by atoms with Crippen LogP contribution in [0.4, 0.5) is 0 Å². The van der Waals surface area contributed by atoms with Gasteiger partial charge in [0.2, 0.25) is 0 Å². The Hall–Kier alpha value is -4.25. The fraction of sp³-hybridized carbons (Fsp3) is 0.0385. The number of nitrogens with zero attached hydrogens (tertiary/aromatic N) is 2. The number of hydrogen-bond donors (Lipinski definition) is 0. The Kier molecular flexibility index (Phi) is 4.77. The summed E-state index contributed by atoms with van der Waals surface area (Å²) < 4.78 is 6.96. The molecule has 0 amide bonds. The van der Waals surface area contributed by atoms with Gasteiger partial charge in [0.15, 0.2) is 5.69 Å². The lowest BCUT2D eigenvalue weighted by Crippen LogP contribution is -2.27. The molecule has 0 N–H and O–H groups in total. The lowest BCUT2D eigenvalue weighted by atomic mass is 10.1. The second-order valence-corrected chi connectivity index (χ2v) is 7.24. The van der Waals surface area contributed by atoms with Crippen molar-refractivity contribution >= 4 is 27.5 Å². The lowest BCUT2D eigenvalue weighted by Gasteiger charge is -2.11. The standard InChI is InChI=1S/C26H18N2O3/c29-25-23-13-7-6-12-22(23)24(27-28(25)17-18-8-2-1-3-9-18)26(30)31-21-15-14-19-10-4-5-11-20(19)16-21/h1-16H,17H2. The molecule has 1 heterocycles. The van der Waals surface area contributed by atoms with E-state index in [1.165, 1.54) is 4.68 Å². The van der Waals surface area contributed by atoms with Crippen LogP contribution in [0.5, 0.6) is 5.75 Å². The van der Waals surface area contributed by atoms with Crippen molar-refractivity contribution in [1.82, 2.24) is 9.78 Å². The second-order valence-electron chi connectivity index (χ2n) is 7.24. The molecule has 0 bridgehead atoms. The molecule has 0 atom stereocenters. The fourth-order valence-electron chi connectivity index (χ4n) is 3.64. The van der Waals surface area contributed by atoms with Crippen molar-refractivity contribution in [2.45, 2.75) is 6.54 Å². The van der Waals surface area contributed by atoms with Crippen LogP contribution in [0, 0.1) is 0 Å². The Morgan fingerprint density at radius 3 is 2.26 bits per heavy atom. The molecule has 0 aliphatic carbocycles. The minimum atomic E-state index is -0.603. The zero-order valence-corrected chi connectivity index (χ0v) is 16.6. The Morgan fingerprint density at radius 2 is 1.45 bits per heavy atom. The van der Waals surface area contributed by atoms with Gasteiger partial charge in [0, 0.05) is 5.39 Å². The number of aromatic nitrogens is 2. The summed E-state index contributed by atoms with van der Waals surface area (Å²) in [5.41, 5.74) is 0.780. The Bertz CT molecular complexity index is 1470. The molecule has 5 aromatic rings. The van der Waals surface area contributed by atoms with Crippen molar-refractivity contribution in [1.29, 1.82) is 0 Å². The van der Waals surface area contributed by atoms with Crippen LogP contribution in [-0.2, 0) is 6.54 Å². The van der Waals surface area contributed by atoms with Crippen LogP contribution in [0.3, 0.4) is 0 Å². The third-order valence-corrected chi connectivity index (χ3v) is 5.17. The normalized spacial score (nSPS) is 11.0. The molecule has 31 heavy (non-hydrogen) atoms. The fourth-order valence-corrected chi connectivity index (χ4v) is 3.64. The summed E-state index contributed by atoms with van der Waals surface area (Å²) in [7, 11) is 0. The van der Waals surface area contributed by atoms with Gasteiger partial charge in [-0.1, -0.05) is 78.9 Å². The maximum Gasteiger partial charge on any atom is 0.364 e. The van der Waals surface area contributed by atoms with E-state index in [2.05, 4.69) is 5.10 Å². The lowest BCUT2D eigenvalue weighted by molar-refractivity contribution is 0.0728. The van der Waals surface area contributed by atoms with Crippen molar-refractivity contribution < 1.29 is 9.53 Å². The van der Waals surface area contributed by atoms with Crippen molar-refractivity contribution in [2.75, 3.05) is 0 Å². The van der Waals surface area contributed by atoms with Crippen LogP contribution in [0.25, 0.3) is 21.5 Å². The molecule has 0 saturated heterocycles. The van der Waals surface area contributed by atoms with Crippen LogP contribution in [0.2, 0.25) is 0 Å². The molecule has 5 rings (SSSR count). The first-order valence-electron chi connectivity index (χ1n) is 9.94. The van der Waals surface area contributed by atoms with Crippen molar-refractivity contribution in [3.8, 4) is 5.75 Å². The first-order chi connectivity index (χ1) is 15.2. The van der Waals surface area contributed by atoms with Crippen LogP contribution >= 0.6 is 0 Å². The predicted octanol–water partition coefficient (Wildman–Crippen LogP) is 4.82. The highest BCUT2D eigenvalue weighted by Crippen LogP contribution is 2.22. The molecule has 0 radical (unpaired) electrons. The molecule has 1 aromatic heterocycles. The third kappa shape index (κ3) is 3.69. The topological polar surface area (TPSA) is 61.2 Å². The van der Waals surface area contributed by atoms with Gasteiger partial charge in [0.05, 0.1) is 11.9 Å². The molecular weight excluding hydrogens is 388 g/mol. The zero-order valence-electron chi connectivity index (χ0n) is 16.6. The maximum atomic E-state index is 13.1. The number of fused-ring (bicyclic) bond motifs is 2. The zero-order chi connectivity index (χ0) is 21.2. The summed E-state index contributed by atoms with van der Waals surface area (Å²) >= 11 is 0. The first-order valence-corrected chi connectivity index (χ1v) is 9.94. The molecule has 0 aliphatic rings. The Morgan fingerprint density at radius 1 is 0.774 bits per heavy atom. The molecule has 0 unspecified atom stereocenters. The number of esters is 1. The number of ether oxygens (including phenoxy) is 1. The van der Waals surface area contributed by atoms with Crippen molar-refractivity contribution in [2.24, 2.45) is 0 Å². The van der Waals surface area contributed by atoms with Crippen LogP contribution in [0.15, 0.2) is 102 Å². The predicted molar refractivity (Wildman–Crippen MR) is 120 cm³/mol. The molecule has 150 valence electrons. The Labute approximate surface area is 178 Å². The van der Waals surface area contributed by atoms with E-state index in [0.717, 1.165) is 16.3 Å². The highest BCUT2D eigenvalue weighted by atomic mass is 16.5. The second kappa shape index (κ2) is 7.88. The largest absolute Gasteiger partial charge is 0.422 e. The number of carbonyl (C=O) groups is 1. The van der Waals surface area contributed by atoms with E-state index in [1.54, 1.807) is 30.3 Å². The van der Waals surface area contributed by atoms with Crippen LogP contribution < -0.4 is 10.3 Å². The summed E-state index contributed by atoms with van der Waals surface area (Å²) in [5, 5.41) is 7.32. The van der Waals surface area contributed by atoms with E-state index in [0.29, 0.717) is 16.5 Å². The summed E-state index contributed by atoms with van der Waals surface area (Å²) in [5.74, 6) is -0.177. The van der Waals surface area contributed by atoms with Gasteiger partial charge in [0.1, 0.15) is 5.75 Å². The minimum Gasteiger partial charge on any atom is -0.422 e. The van der Waals surface area contributed by atoms with Gasteiger partial charge in [-0.15, -0.1) is 0 Å². The quantitative estimate of drug-likeness (QED) is 0.317. The van der Waals surface area contributed by atoms with E-state index < -0.39 is 5.97 Å². The smallest absolute Gasteiger partial charge is 0.364 e. The average molecular weight is 406 g/mol. The molecular formula is C26H18N2O3. The maximum absolute atomic E-state index is 13.1. The summed E-state index contributed by atoms with van der Waals surface area (Å²) in [4.78, 5) is 26.0. The highest BCUT2D eigenvalue weighted by Gasteiger charge is 2.19. The van der Waals surface area contributed by atoms with E-state index >= 15 is 0 Å². The molecule has 4 aromatic carbocycles. The van der Waals surface area contributed by atoms with Gasteiger partial charge in [-0.3, -0.25) is 4.79 Å². The average Bonchev–Trinajstić information content (AvgIpc) is 2.81. The minimum absolute atomic E-state index is 0.110. The van der Waals surface area contributed by atoms with E-state index in [4.69, 9.17) is 4.74 Å². The molecule has 5 nitrogen and oxygen atoms in total. The summed E-state index contributed by atoms with van der Waals surface area (Å²) in [6.07, 6.45) is 0. The van der Waals surface area contributed by atoms with Gasteiger partial charge in [-0.2, -0.15) is 5.10 Å². The number of benzene rings is 4. The highest BCUT2D eigenvalue weighted by molar-refractivity contribution is 6.03. The number of carbonyl (C=O) groups excluding carboxylic acids is 1. The monoisotopic (exact) mass is 406 g/mol. The van der Waals surface area contributed by atoms with E-state index in [9.17, 15) is 9.59 Å². The van der Waals surface area contributed by atoms with Crippen LogP contribution in [-0.4, -0.2) is 15.7 Å². The van der Waals surface area contributed by atoms with Crippen molar-refractivity contribution in [3.63, 3.8) is 0 Å². The van der Waals surface area contributed by atoms with Gasteiger partial charge < -0.3 is 4.74 Å². The van der Waals surface area contributed by atoms with Crippen LogP contribution in [0.1, 0.15) is 16.1 Å². The number of hydrogen-bond acceptors (Lipinski definition) is 4. The summed E-state index contributed by atoms with van der Waals surface area (Å²) in [6.45, 7) is 0.265. The molecule has 0 spiro atoms. The van der Waals surface area contributed by atoms with Gasteiger partial charge >= 0.3 is 5.97 Å². The molecule has 0 aliphatic heterocycles. The Balaban J connectivity index is 1.56. The first kappa shape index (κ1) is 18.8. The molecule has 0 fully saturated rings. The van der Waals surface area contributed by atoms with Crippen molar-refractivity contribution in [3.05, 3.63) is 119 Å². The molecule has 5 heteroatoms. The van der Waals surface area contributed by atoms with Gasteiger partial charge in [-0.05, 0) is 34.5 Å². The van der Waals surface area contributed by atoms with Gasteiger partial charge in [0.25, 0.3) is 5.56 Å². The van der Waals surface area contributed by atoms with E-state index in [1.807, 2.05) is 66.7 Å². The SMILES string of the molecule is O=C(Oc1ccc2ccccc2c1)c1nn(Cc2ccccc2)c(=O)c2ccccc12. The van der Waals surface area contributed by atoms with Gasteiger partial charge in [-0.25, -0.2) is 9.48 Å².